The molecule has 0 bridgehead atoms. The molecule has 0 aliphatic carbocycles. The Labute approximate surface area is 218 Å². The molecule has 0 spiro atoms. The van der Waals surface area contributed by atoms with Gasteiger partial charge in [-0.2, -0.15) is 0 Å². The minimum Gasteiger partial charge on any atom is -0.382 e. The van der Waals surface area contributed by atoms with Gasteiger partial charge in [-0.25, -0.2) is 8.78 Å². The molecule has 2 heterocycles. The maximum absolute atomic E-state index is 13.4. The van der Waals surface area contributed by atoms with Crippen LogP contribution in [0.25, 0.3) is 10.9 Å². The Hall–Kier alpha value is -3.83. The number of amides is 3. The molecule has 11 heteroatoms. The Morgan fingerprint density at radius 3 is 2.61 bits per heavy atom. The van der Waals surface area contributed by atoms with Crippen LogP contribution in [0.3, 0.4) is 0 Å². The van der Waals surface area contributed by atoms with E-state index in [1.165, 1.54) is 4.90 Å². The number of halogens is 2. The van der Waals surface area contributed by atoms with E-state index in [1.54, 1.807) is 24.3 Å². The van der Waals surface area contributed by atoms with Gasteiger partial charge in [-0.3, -0.25) is 14.4 Å². The Morgan fingerprint density at radius 1 is 1.11 bits per heavy atom. The first-order valence-electron chi connectivity index (χ1n) is 12.5. The molecule has 1 saturated heterocycles. The Morgan fingerprint density at radius 2 is 1.87 bits per heavy atom. The molecule has 1 aliphatic heterocycles. The number of carbonyl (C=O) groups is 3. The van der Waals surface area contributed by atoms with Crippen molar-refractivity contribution in [2.24, 2.45) is 0 Å². The van der Waals surface area contributed by atoms with Crippen LogP contribution in [-0.2, 0) is 20.9 Å². The van der Waals surface area contributed by atoms with Crippen LogP contribution >= 0.6 is 0 Å². The maximum atomic E-state index is 13.4. The van der Waals surface area contributed by atoms with Gasteiger partial charge in [0.2, 0.25) is 5.60 Å². The quantitative estimate of drug-likeness (QED) is 0.225. The fraction of sp³-hybridized carbons (Fsp3) is 0.370. The summed E-state index contributed by atoms with van der Waals surface area (Å²) in [4.78, 5) is 42.6. The largest absolute Gasteiger partial charge is 0.382 e. The van der Waals surface area contributed by atoms with Gasteiger partial charge in [-0.1, -0.05) is 0 Å². The first-order valence-corrected chi connectivity index (χ1v) is 12.5. The Balaban J connectivity index is 1.38. The van der Waals surface area contributed by atoms with E-state index in [-0.39, 0.29) is 31.0 Å². The maximum Gasteiger partial charge on any atom is 0.268 e. The molecular weight excluding hydrogens is 498 g/mol. The highest BCUT2D eigenvalue weighted by Gasteiger charge is 2.51. The van der Waals surface area contributed by atoms with Crippen LogP contribution in [0.15, 0.2) is 42.5 Å². The number of hydrogen-bond acceptors (Lipinski definition) is 5. The number of unbranched alkanes of at least 4 members (excludes halogenated alkanes) is 1. The number of aromatic nitrogens is 1. The molecule has 1 aromatic heterocycles. The molecule has 4 rings (SSSR count). The first-order chi connectivity index (χ1) is 18.2. The summed E-state index contributed by atoms with van der Waals surface area (Å²) in [7, 11) is 0. The van der Waals surface area contributed by atoms with Gasteiger partial charge in [-0.15, -0.1) is 0 Å². The zero-order valence-corrected chi connectivity index (χ0v) is 21.0. The monoisotopic (exact) mass is 528 g/mol. The van der Waals surface area contributed by atoms with Crippen molar-refractivity contribution >= 4 is 34.3 Å². The Bertz CT molecular complexity index is 1320. The number of nitrogens with zero attached hydrogens (tertiary/aromatic N) is 1. The molecule has 9 nitrogen and oxygen atoms in total. The summed E-state index contributed by atoms with van der Waals surface area (Å²) in [5, 5.41) is 16.8. The lowest BCUT2D eigenvalue weighted by Gasteiger charge is -2.22. The summed E-state index contributed by atoms with van der Waals surface area (Å²) in [5.41, 5.74) is -0.631. The molecule has 3 amide bonds. The molecule has 1 fully saturated rings. The standard InChI is InChI=1S/C27H30F2N4O5/c1-2-38-10-4-3-8-30-24(34)23-14-18-13-21(5-6-22(18)32-23)33-9-7-27(37,26(33)36)25(35)31-16-17-11-19(28)15-20(29)12-17/h5-6,11-15,32,37H,2-4,7-10,16H2,1H3,(H,30,34)(H,31,35). The topological polar surface area (TPSA) is 124 Å². The van der Waals surface area contributed by atoms with E-state index < -0.39 is 29.0 Å². The number of benzene rings is 2. The smallest absolute Gasteiger partial charge is 0.268 e. The predicted octanol–water partition coefficient (Wildman–Crippen LogP) is 2.78. The number of aliphatic hydroxyl groups is 1. The van der Waals surface area contributed by atoms with Crippen LogP contribution in [0.4, 0.5) is 14.5 Å². The van der Waals surface area contributed by atoms with Crippen molar-refractivity contribution in [3.8, 4) is 0 Å². The third kappa shape index (κ3) is 6.00. The van der Waals surface area contributed by atoms with Crippen molar-refractivity contribution in [3.05, 3.63) is 65.4 Å². The Kier molecular flexibility index (Phi) is 8.38. The van der Waals surface area contributed by atoms with Crippen molar-refractivity contribution in [1.29, 1.82) is 0 Å². The molecule has 2 aromatic carbocycles. The number of rotatable bonds is 11. The number of anilines is 1. The second kappa shape index (κ2) is 11.7. The summed E-state index contributed by atoms with van der Waals surface area (Å²) < 4.78 is 32.1. The molecular formula is C27H30F2N4O5. The normalized spacial score (nSPS) is 17.3. The molecule has 3 aromatic rings. The minimum atomic E-state index is -2.31. The van der Waals surface area contributed by atoms with Crippen LogP contribution in [0.2, 0.25) is 0 Å². The zero-order valence-electron chi connectivity index (χ0n) is 21.0. The summed E-state index contributed by atoms with van der Waals surface area (Å²) in [6.45, 7) is 3.60. The molecule has 1 atom stereocenters. The fourth-order valence-corrected chi connectivity index (χ4v) is 4.38. The van der Waals surface area contributed by atoms with Gasteiger partial charge in [0.25, 0.3) is 17.7 Å². The number of carbonyl (C=O) groups excluding carboxylic acids is 3. The number of fused-ring (bicyclic) bond motifs is 1. The van der Waals surface area contributed by atoms with Crippen LogP contribution in [0.5, 0.6) is 0 Å². The molecule has 202 valence electrons. The summed E-state index contributed by atoms with van der Waals surface area (Å²) in [6, 6.07) is 9.56. The second-order valence-electron chi connectivity index (χ2n) is 9.14. The average molecular weight is 529 g/mol. The molecule has 0 radical (unpaired) electrons. The highest BCUT2D eigenvalue weighted by molar-refractivity contribution is 6.16. The van der Waals surface area contributed by atoms with Gasteiger partial charge in [0.05, 0.1) is 0 Å². The van der Waals surface area contributed by atoms with Crippen molar-refractivity contribution in [2.45, 2.75) is 38.3 Å². The lowest BCUT2D eigenvalue weighted by Crippen LogP contribution is -2.52. The SMILES string of the molecule is CCOCCCCNC(=O)c1cc2cc(N3CCC(O)(C(=O)NCc4cc(F)cc(F)c4)C3=O)ccc2[nH]1. The third-order valence-electron chi connectivity index (χ3n) is 6.41. The van der Waals surface area contributed by atoms with Gasteiger partial charge < -0.3 is 30.4 Å². The van der Waals surface area contributed by atoms with Crippen molar-refractivity contribution in [1.82, 2.24) is 15.6 Å². The zero-order chi connectivity index (χ0) is 27.3. The number of hydrogen-bond donors (Lipinski definition) is 4. The van der Waals surface area contributed by atoms with Crippen molar-refractivity contribution in [3.63, 3.8) is 0 Å². The van der Waals surface area contributed by atoms with Gasteiger partial charge in [0.1, 0.15) is 17.3 Å². The molecule has 38 heavy (non-hydrogen) atoms. The fourth-order valence-electron chi connectivity index (χ4n) is 4.38. The number of H-pyrrole nitrogens is 1. The molecule has 1 unspecified atom stereocenters. The van der Waals surface area contributed by atoms with Gasteiger partial charge >= 0.3 is 0 Å². The molecule has 1 aliphatic rings. The van der Waals surface area contributed by atoms with Gasteiger partial charge in [-0.05, 0) is 61.7 Å². The van der Waals surface area contributed by atoms with Crippen LogP contribution < -0.4 is 15.5 Å². The molecule has 4 N–H and O–H groups in total. The summed E-state index contributed by atoms with van der Waals surface area (Å²) in [6.07, 6.45) is 1.49. The van der Waals surface area contributed by atoms with Crippen molar-refractivity contribution in [2.75, 3.05) is 31.2 Å². The van der Waals surface area contributed by atoms with Crippen LogP contribution in [-0.4, -0.2) is 59.7 Å². The van der Waals surface area contributed by atoms with Crippen molar-refractivity contribution < 1.29 is 33.0 Å². The van der Waals surface area contributed by atoms with E-state index in [9.17, 15) is 28.3 Å². The number of aromatic amines is 1. The lowest BCUT2D eigenvalue weighted by molar-refractivity contribution is -0.149. The van der Waals surface area contributed by atoms with E-state index >= 15 is 0 Å². The minimum absolute atomic E-state index is 0.0857. The van der Waals surface area contributed by atoms with E-state index in [2.05, 4.69) is 15.6 Å². The van der Waals surface area contributed by atoms with E-state index in [0.29, 0.717) is 48.1 Å². The predicted molar refractivity (Wildman–Crippen MR) is 136 cm³/mol. The number of nitrogens with one attached hydrogen (secondary N) is 3. The van der Waals surface area contributed by atoms with E-state index in [4.69, 9.17) is 4.74 Å². The average Bonchev–Trinajstić information content (AvgIpc) is 3.45. The van der Waals surface area contributed by atoms with Crippen LogP contribution in [0, 0.1) is 11.6 Å². The lowest BCUT2D eigenvalue weighted by atomic mass is 10.0. The highest BCUT2D eigenvalue weighted by Crippen LogP contribution is 2.31. The summed E-state index contributed by atoms with van der Waals surface area (Å²) in [5.74, 6) is -3.60. The van der Waals surface area contributed by atoms with E-state index in [1.807, 2.05) is 6.92 Å². The number of ether oxygens (including phenoxy) is 1. The van der Waals surface area contributed by atoms with Gasteiger partial charge in [0, 0.05) is 61.9 Å². The first kappa shape index (κ1) is 27.2. The summed E-state index contributed by atoms with van der Waals surface area (Å²) >= 11 is 0. The van der Waals surface area contributed by atoms with E-state index in [0.717, 1.165) is 25.0 Å². The van der Waals surface area contributed by atoms with Crippen LogP contribution in [0.1, 0.15) is 42.2 Å². The molecule has 0 saturated carbocycles. The third-order valence-corrected chi connectivity index (χ3v) is 6.41. The van der Waals surface area contributed by atoms with Gasteiger partial charge in [0.15, 0.2) is 0 Å². The highest BCUT2D eigenvalue weighted by atomic mass is 19.1. The second-order valence-corrected chi connectivity index (χ2v) is 9.14.